The molecule has 1 N–H and O–H groups in total. The average Bonchev–Trinajstić information content (AvgIpc) is 3.12. The third-order valence-corrected chi connectivity index (χ3v) is 3.95. The molecule has 0 bridgehead atoms. The number of fused-ring (bicyclic) bond motifs is 1. The summed E-state index contributed by atoms with van der Waals surface area (Å²) in [7, 11) is 1.37. The second kappa shape index (κ2) is 8.35. The Hall–Kier alpha value is -2.79. The van der Waals surface area contributed by atoms with Crippen LogP contribution in [-0.4, -0.2) is 26.4 Å². The van der Waals surface area contributed by atoms with Crippen molar-refractivity contribution in [1.29, 1.82) is 0 Å². The molecule has 0 spiro atoms. The number of rotatable bonds is 7. The number of methoxy groups -OCH3 is 1. The molecule has 0 saturated heterocycles. The molecule has 1 heterocycles. The molecule has 0 unspecified atom stereocenters. The van der Waals surface area contributed by atoms with E-state index in [2.05, 4.69) is 16.1 Å². The van der Waals surface area contributed by atoms with E-state index < -0.39 is 0 Å². The molecule has 1 aliphatic rings. The number of carbonyl (C=O) groups excluding carboxylic acids is 1. The van der Waals surface area contributed by atoms with Crippen molar-refractivity contribution in [2.24, 2.45) is 0 Å². The highest BCUT2D eigenvalue weighted by atomic mass is 16.7. The maximum atomic E-state index is 11.1. The number of ether oxygens (including phenoxy) is 3. The van der Waals surface area contributed by atoms with Gasteiger partial charge in [-0.3, -0.25) is 0 Å². The van der Waals surface area contributed by atoms with Crippen molar-refractivity contribution in [3.63, 3.8) is 0 Å². The first-order valence-electron chi connectivity index (χ1n) is 8.19. The van der Waals surface area contributed by atoms with Crippen LogP contribution >= 0.6 is 0 Å². The molecule has 25 heavy (non-hydrogen) atoms. The molecular weight excluding hydrogens is 318 g/mol. The van der Waals surface area contributed by atoms with E-state index in [0.717, 1.165) is 36.6 Å². The average molecular weight is 339 g/mol. The van der Waals surface area contributed by atoms with E-state index in [9.17, 15) is 4.79 Å². The van der Waals surface area contributed by atoms with E-state index in [1.807, 2.05) is 36.4 Å². The zero-order valence-electron chi connectivity index (χ0n) is 14.2. The number of hydrogen-bond acceptors (Lipinski definition) is 5. The van der Waals surface area contributed by atoms with E-state index in [-0.39, 0.29) is 5.97 Å². The van der Waals surface area contributed by atoms with Gasteiger partial charge in [-0.2, -0.15) is 0 Å². The highest BCUT2D eigenvalue weighted by Crippen LogP contribution is 2.32. The first-order valence-corrected chi connectivity index (χ1v) is 8.19. The van der Waals surface area contributed by atoms with Gasteiger partial charge in [0.25, 0.3) is 0 Å². The lowest BCUT2D eigenvalue weighted by molar-refractivity contribution is -0.134. The molecule has 5 heteroatoms. The van der Waals surface area contributed by atoms with Gasteiger partial charge in [0, 0.05) is 12.6 Å². The monoisotopic (exact) mass is 339 g/mol. The summed E-state index contributed by atoms with van der Waals surface area (Å²) >= 11 is 0. The second-order valence-corrected chi connectivity index (χ2v) is 5.71. The van der Waals surface area contributed by atoms with Crippen LogP contribution in [0.5, 0.6) is 11.5 Å². The Morgan fingerprint density at radius 3 is 2.68 bits per heavy atom. The Kier molecular flexibility index (Phi) is 5.69. The van der Waals surface area contributed by atoms with Crippen LogP contribution in [0.15, 0.2) is 48.5 Å². The number of nitrogens with one attached hydrogen (secondary N) is 1. The van der Waals surface area contributed by atoms with Gasteiger partial charge in [0.2, 0.25) is 6.79 Å². The maximum absolute atomic E-state index is 11.1. The van der Waals surface area contributed by atoms with Crippen LogP contribution in [0, 0.1) is 0 Å². The standard InChI is InChI=1S/C20H21NO4/c1-23-20(22)9-7-15-2-4-17(5-3-15)13-21-11-10-16-6-8-18-19(12-16)25-14-24-18/h2-9,12,21H,10-11,13-14H2,1H3/b9-7+. The summed E-state index contributed by atoms with van der Waals surface area (Å²) in [5.41, 5.74) is 3.38. The van der Waals surface area contributed by atoms with Gasteiger partial charge in [0.15, 0.2) is 11.5 Å². The molecule has 0 radical (unpaired) electrons. The van der Waals surface area contributed by atoms with Gasteiger partial charge in [-0.25, -0.2) is 4.79 Å². The summed E-state index contributed by atoms with van der Waals surface area (Å²) in [6.45, 7) is 1.98. The minimum Gasteiger partial charge on any atom is -0.466 e. The molecule has 0 fully saturated rings. The van der Waals surface area contributed by atoms with Crippen molar-refractivity contribution >= 4 is 12.0 Å². The molecule has 2 aromatic rings. The maximum Gasteiger partial charge on any atom is 0.330 e. The van der Waals surface area contributed by atoms with Gasteiger partial charge in [0.1, 0.15) is 0 Å². The minimum absolute atomic E-state index is 0.307. The Morgan fingerprint density at radius 1 is 1.12 bits per heavy atom. The number of esters is 1. The summed E-state index contributed by atoms with van der Waals surface area (Å²) in [5.74, 6) is 1.29. The van der Waals surface area contributed by atoms with Crippen LogP contribution in [0.4, 0.5) is 0 Å². The van der Waals surface area contributed by atoms with E-state index in [1.165, 1.54) is 24.3 Å². The van der Waals surface area contributed by atoms with Gasteiger partial charge in [-0.05, 0) is 47.9 Å². The summed E-state index contributed by atoms with van der Waals surface area (Å²) in [5, 5.41) is 3.43. The van der Waals surface area contributed by atoms with Crippen molar-refractivity contribution in [2.45, 2.75) is 13.0 Å². The first kappa shape index (κ1) is 17.0. The van der Waals surface area contributed by atoms with Crippen LogP contribution in [-0.2, 0) is 22.5 Å². The molecule has 1 aliphatic heterocycles. The van der Waals surface area contributed by atoms with Gasteiger partial charge < -0.3 is 19.5 Å². The lowest BCUT2D eigenvalue weighted by Crippen LogP contribution is -2.16. The lowest BCUT2D eigenvalue weighted by atomic mass is 10.1. The fourth-order valence-electron chi connectivity index (χ4n) is 2.54. The molecular formula is C20H21NO4. The minimum atomic E-state index is -0.353. The Labute approximate surface area is 147 Å². The predicted octanol–water partition coefficient (Wildman–Crippen LogP) is 2.93. The van der Waals surface area contributed by atoms with Crippen molar-refractivity contribution in [3.05, 3.63) is 65.2 Å². The number of carbonyl (C=O) groups is 1. The first-order chi connectivity index (χ1) is 12.2. The largest absolute Gasteiger partial charge is 0.466 e. The van der Waals surface area contributed by atoms with E-state index in [0.29, 0.717) is 6.79 Å². The summed E-state index contributed by atoms with van der Waals surface area (Å²) in [4.78, 5) is 11.1. The highest BCUT2D eigenvalue weighted by molar-refractivity contribution is 5.86. The zero-order chi connectivity index (χ0) is 17.5. The summed E-state index contributed by atoms with van der Waals surface area (Å²) in [6, 6.07) is 14.1. The molecule has 3 rings (SSSR count). The summed E-state index contributed by atoms with van der Waals surface area (Å²) < 4.78 is 15.3. The smallest absolute Gasteiger partial charge is 0.330 e. The van der Waals surface area contributed by atoms with Crippen LogP contribution < -0.4 is 14.8 Å². The Balaban J connectivity index is 1.43. The van der Waals surface area contributed by atoms with Crippen LogP contribution in [0.25, 0.3) is 6.08 Å². The van der Waals surface area contributed by atoms with Crippen LogP contribution in [0.2, 0.25) is 0 Å². The fourth-order valence-corrected chi connectivity index (χ4v) is 2.54. The van der Waals surface area contributed by atoms with Crippen molar-refractivity contribution in [2.75, 3.05) is 20.4 Å². The number of benzene rings is 2. The van der Waals surface area contributed by atoms with Crippen molar-refractivity contribution in [1.82, 2.24) is 5.32 Å². The fraction of sp³-hybridized carbons (Fsp3) is 0.250. The lowest BCUT2D eigenvalue weighted by Gasteiger charge is -2.06. The molecule has 2 aromatic carbocycles. The number of hydrogen-bond donors (Lipinski definition) is 1. The third kappa shape index (κ3) is 4.84. The molecule has 0 atom stereocenters. The molecule has 0 amide bonds. The third-order valence-electron chi connectivity index (χ3n) is 3.95. The van der Waals surface area contributed by atoms with Crippen LogP contribution in [0.1, 0.15) is 16.7 Å². The molecule has 0 aliphatic carbocycles. The second-order valence-electron chi connectivity index (χ2n) is 5.71. The molecule has 0 aromatic heterocycles. The molecule has 130 valence electrons. The Morgan fingerprint density at radius 2 is 1.88 bits per heavy atom. The predicted molar refractivity (Wildman–Crippen MR) is 95.5 cm³/mol. The van der Waals surface area contributed by atoms with Gasteiger partial charge in [0.05, 0.1) is 7.11 Å². The SMILES string of the molecule is COC(=O)/C=C/c1ccc(CNCCc2ccc3c(c2)OCO3)cc1. The van der Waals surface area contributed by atoms with E-state index in [4.69, 9.17) is 9.47 Å². The highest BCUT2D eigenvalue weighted by Gasteiger charge is 2.12. The quantitative estimate of drug-likeness (QED) is 0.477. The zero-order valence-corrected chi connectivity index (χ0v) is 14.2. The normalized spacial score (nSPS) is 12.5. The molecule has 0 saturated carbocycles. The van der Waals surface area contributed by atoms with Crippen molar-refractivity contribution in [3.8, 4) is 11.5 Å². The topological polar surface area (TPSA) is 56.8 Å². The van der Waals surface area contributed by atoms with Gasteiger partial charge in [-0.1, -0.05) is 30.3 Å². The molecule has 5 nitrogen and oxygen atoms in total. The van der Waals surface area contributed by atoms with Crippen molar-refractivity contribution < 1.29 is 19.0 Å². The summed E-state index contributed by atoms with van der Waals surface area (Å²) in [6.07, 6.45) is 4.08. The van der Waals surface area contributed by atoms with Crippen LogP contribution in [0.3, 0.4) is 0 Å². The van der Waals surface area contributed by atoms with E-state index in [1.54, 1.807) is 6.08 Å². The van der Waals surface area contributed by atoms with Gasteiger partial charge >= 0.3 is 5.97 Å². The van der Waals surface area contributed by atoms with E-state index >= 15 is 0 Å². The Bertz CT molecular complexity index is 753. The van der Waals surface area contributed by atoms with Gasteiger partial charge in [-0.15, -0.1) is 0 Å².